The first kappa shape index (κ1) is 19.1. The number of benzene rings is 2. The topological polar surface area (TPSA) is 66.8 Å². The molecule has 0 bridgehead atoms. The number of hydrogen-bond donors (Lipinski definition) is 1. The van der Waals surface area contributed by atoms with Crippen LogP contribution in [0.4, 0.5) is 0 Å². The van der Waals surface area contributed by atoms with Gasteiger partial charge in [0.15, 0.2) is 0 Å². The minimum atomic E-state index is -1.00. The Bertz CT molecular complexity index is 831. The molecule has 1 heterocycles. The standard InChI is InChI=1S/C22H25NO4/c1-15(2)14-27-16-11-12-23(13-16)21(24)19-9-5-3-7-17(19)18-8-4-6-10-20(18)22(25)26/h3-10,15-16H,11-14H2,1-2H3,(H,25,26). The van der Waals surface area contributed by atoms with E-state index in [1.165, 1.54) is 0 Å². The van der Waals surface area contributed by atoms with E-state index in [9.17, 15) is 14.7 Å². The maximum Gasteiger partial charge on any atom is 0.336 e. The third-order valence-corrected chi connectivity index (χ3v) is 4.70. The zero-order valence-electron chi connectivity index (χ0n) is 15.7. The number of carbonyl (C=O) groups is 2. The number of ether oxygens (including phenoxy) is 1. The molecular formula is C22H25NO4. The molecule has 1 aliphatic heterocycles. The van der Waals surface area contributed by atoms with E-state index in [4.69, 9.17) is 4.74 Å². The summed E-state index contributed by atoms with van der Waals surface area (Å²) in [6, 6.07) is 14.0. The molecule has 142 valence electrons. The molecule has 1 aliphatic rings. The first-order chi connectivity index (χ1) is 13.0. The first-order valence-electron chi connectivity index (χ1n) is 9.30. The highest BCUT2D eigenvalue weighted by Gasteiger charge is 2.29. The van der Waals surface area contributed by atoms with Crippen molar-refractivity contribution >= 4 is 11.9 Å². The van der Waals surface area contributed by atoms with E-state index >= 15 is 0 Å². The lowest BCUT2D eigenvalue weighted by atomic mass is 9.95. The van der Waals surface area contributed by atoms with E-state index in [0.29, 0.717) is 42.3 Å². The van der Waals surface area contributed by atoms with Gasteiger partial charge in [-0.05, 0) is 35.6 Å². The third kappa shape index (κ3) is 4.37. The molecule has 0 aliphatic carbocycles. The van der Waals surface area contributed by atoms with Crippen molar-refractivity contribution in [2.45, 2.75) is 26.4 Å². The quantitative estimate of drug-likeness (QED) is 0.840. The van der Waals surface area contributed by atoms with Crippen LogP contribution in [-0.2, 0) is 4.74 Å². The summed E-state index contributed by atoms with van der Waals surface area (Å²) in [4.78, 5) is 26.5. The van der Waals surface area contributed by atoms with Gasteiger partial charge in [-0.25, -0.2) is 4.79 Å². The van der Waals surface area contributed by atoms with Gasteiger partial charge >= 0.3 is 5.97 Å². The Morgan fingerprint density at radius 1 is 1.07 bits per heavy atom. The number of carbonyl (C=O) groups excluding carboxylic acids is 1. The Morgan fingerprint density at radius 2 is 1.67 bits per heavy atom. The Labute approximate surface area is 159 Å². The van der Waals surface area contributed by atoms with Crippen molar-refractivity contribution in [3.05, 3.63) is 59.7 Å². The maximum atomic E-state index is 13.1. The molecule has 5 heteroatoms. The lowest BCUT2D eigenvalue weighted by Crippen LogP contribution is -2.31. The first-order valence-corrected chi connectivity index (χ1v) is 9.30. The normalized spacial score (nSPS) is 16.7. The molecule has 0 radical (unpaired) electrons. The van der Waals surface area contributed by atoms with Gasteiger partial charge in [0.05, 0.1) is 11.7 Å². The van der Waals surface area contributed by atoms with Crippen LogP contribution in [0, 0.1) is 5.92 Å². The van der Waals surface area contributed by atoms with Crippen molar-refractivity contribution < 1.29 is 19.4 Å². The summed E-state index contributed by atoms with van der Waals surface area (Å²) in [6.07, 6.45) is 0.890. The summed E-state index contributed by atoms with van der Waals surface area (Å²) in [5, 5.41) is 9.49. The molecular weight excluding hydrogens is 342 g/mol. The zero-order valence-corrected chi connectivity index (χ0v) is 15.7. The summed E-state index contributed by atoms with van der Waals surface area (Å²) < 4.78 is 5.87. The van der Waals surface area contributed by atoms with Crippen molar-refractivity contribution in [2.75, 3.05) is 19.7 Å². The van der Waals surface area contributed by atoms with Crippen LogP contribution < -0.4 is 0 Å². The van der Waals surface area contributed by atoms with E-state index in [1.807, 2.05) is 12.1 Å². The van der Waals surface area contributed by atoms with Gasteiger partial charge in [0.25, 0.3) is 5.91 Å². The molecule has 1 saturated heterocycles. The highest BCUT2D eigenvalue weighted by molar-refractivity contribution is 6.04. The fourth-order valence-electron chi connectivity index (χ4n) is 3.36. The smallest absolute Gasteiger partial charge is 0.336 e. The van der Waals surface area contributed by atoms with E-state index in [0.717, 1.165) is 6.42 Å². The molecule has 1 atom stereocenters. The number of carboxylic acid groups (broad SMARTS) is 1. The van der Waals surface area contributed by atoms with Crippen LogP contribution in [0.15, 0.2) is 48.5 Å². The zero-order chi connectivity index (χ0) is 19.4. The number of rotatable bonds is 6. The molecule has 2 aromatic rings. The van der Waals surface area contributed by atoms with Gasteiger partial charge in [0, 0.05) is 25.3 Å². The van der Waals surface area contributed by atoms with Crippen molar-refractivity contribution in [1.29, 1.82) is 0 Å². The van der Waals surface area contributed by atoms with Crippen LogP contribution in [0.2, 0.25) is 0 Å². The minimum absolute atomic E-state index is 0.0646. The fraction of sp³-hybridized carbons (Fsp3) is 0.364. The van der Waals surface area contributed by atoms with Crippen molar-refractivity contribution in [2.24, 2.45) is 5.92 Å². The Balaban J connectivity index is 1.85. The van der Waals surface area contributed by atoms with Crippen molar-refractivity contribution in [3.63, 3.8) is 0 Å². The summed E-state index contributed by atoms with van der Waals surface area (Å²) in [7, 11) is 0. The number of aromatic carboxylic acids is 1. The summed E-state index contributed by atoms with van der Waals surface area (Å²) >= 11 is 0. The van der Waals surface area contributed by atoms with Gasteiger partial charge in [0.2, 0.25) is 0 Å². The average Bonchev–Trinajstić information content (AvgIpc) is 3.15. The second-order valence-electron chi connectivity index (χ2n) is 7.29. The van der Waals surface area contributed by atoms with E-state index < -0.39 is 5.97 Å². The lowest BCUT2D eigenvalue weighted by molar-refractivity contribution is 0.0396. The number of hydrogen-bond acceptors (Lipinski definition) is 3. The monoisotopic (exact) mass is 367 g/mol. The Kier molecular flexibility index (Phi) is 5.91. The largest absolute Gasteiger partial charge is 0.478 e. The minimum Gasteiger partial charge on any atom is -0.478 e. The van der Waals surface area contributed by atoms with Crippen LogP contribution in [0.1, 0.15) is 41.0 Å². The van der Waals surface area contributed by atoms with E-state index in [-0.39, 0.29) is 17.6 Å². The molecule has 27 heavy (non-hydrogen) atoms. The predicted octanol–water partition coefficient (Wildman–Crippen LogP) is 3.94. The molecule has 0 saturated carbocycles. The molecule has 3 rings (SSSR count). The van der Waals surface area contributed by atoms with Gasteiger partial charge < -0.3 is 14.7 Å². The number of nitrogens with zero attached hydrogens (tertiary/aromatic N) is 1. The number of likely N-dealkylation sites (tertiary alicyclic amines) is 1. The van der Waals surface area contributed by atoms with Crippen molar-refractivity contribution in [1.82, 2.24) is 4.90 Å². The van der Waals surface area contributed by atoms with Gasteiger partial charge in [-0.2, -0.15) is 0 Å². The number of amides is 1. The maximum absolute atomic E-state index is 13.1. The molecule has 0 spiro atoms. The third-order valence-electron chi connectivity index (χ3n) is 4.70. The second-order valence-corrected chi connectivity index (χ2v) is 7.29. The fourth-order valence-corrected chi connectivity index (χ4v) is 3.36. The van der Waals surface area contributed by atoms with Crippen LogP contribution in [0.3, 0.4) is 0 Å². The average molecular weight is 367 g/mol. The van der Waals surface area contributed by atoms with Crippen molar-refractivity contribution in [3.8, 4) is 11.1 Å². The summed E-state index contributed by atoms with van der Waals surface area (Å²) in [5.74, 6) is -0.624. The molecule has 0 aromatic heterocycles. The van der Waals surface area contributed by atoms with Gasteiger partial charge in [-0.1, -0.05) is 50.2 Å². The molecule has 1 fully saturated rings. The summed E-state index contributed by atoms with van der Waals surface area (Å²) in [5.41, 5.74) is 1.92. The van der Waals surface area contributed by atoms with Gasteiger partial charge in [-0.15, -0.1) is 0 Å². The summed E-state index contributed by atoms with van der Waals surface area (Å²) in [6.45, 7) is 6.12. The Morgan fingerprint density at radius 3 is 2.30 bits per heavy atom. The SMILES string of the molecule is CC(C)COC1CCN(C(=O)c2ccccc2-c2ccccc2C(=O)O)C1. The highest BCUT2D eigenvalue weighted by atomic mass is 16.5. The molecule has 2 aromatic carbocycles. The van der Waals surface area contributed by atoms with E-state index in [2.05, 4.69) is 13.8 Å². The lowest BCUT2D eigenvalue weighted by Gasteiger charge is -2.19. The van der Waals surface area contributed by atoms with Crippen LogP contribution >= 0.6 is 0 Å². The number of carboxylic acids is 1. The van der Waals surface area contributed by atoms with E-state index in [1.54, 1.807) is 41.3 Å². The van der Waals surface area contributed by atoms with Crippen LogP contribution in [0.5, 0.6) is 0 Å². The molecule has 1 N–H and O–H groups in total. The van der Waals surface area contributed by atoms with Gasteiger partial charge in [0.1, 0.15) is 0 Å². The Hall–Kier alpha value is -2.66. The molecule has 1 amide bonds. The van der Waals surface area contributed by atoms with Gasteiger partial charge in [-0.3, -0.25) is 4.79 Å². The molecule has 1 unspecified atom stereocenters. The van der Waals surface area contributed by atoms with Crippen LogP contribution in [-0.4, -0.2) is 47.7 Å². The predicted molar refractivity (Wildman–Crippen MR) is 104 cm³/mol. The molecule has 5 nitrogen and oxygen atoms in total. The highest BCUT2D eigenvalue weighted by Crippen LogP contribution is 2.29. The second kappa shape index (κ2) is 8.35. The van der Waals surface area contributed by atoms with Crippen LogP contribution in [0.25, 0.3) is 11.1 Å².